The number of alkyl halides is 3. The molecule has 0 bridgehead atoms. The lowest BCUT2D eigenvalue weighted by Crippen LogP contribution is -2.47. The molecule has 8 nitrogen and oxygen atoms in total. The number of aromatic nitrogens is 2. The summed E-state index contributed by atoms with van der Waals surface area (Å²) in [5.41, 5.74) is -1.82. The van der Waals surface area contributed by atoms with Crippen LogP contribution in [-0.4, -0.2) is 45.6 Å². The molecule has 34 heavy (non-hydrogen) atoms. The SMILES string of the molecule is Cc1cc(=O)c(C(=O)NC2CCN(C(=O)c3ccoc3)CC2)nn1-c1ccccc1C(F)(F)F. The summed E-state index contributed by atoms with van der Waals surface area (Å²) in [6, 6.07) is 7.14. The van der Waals surface area contributed by atoms with E-state index < -0.39 is 28.8 Å². The van der Waals surface area contributed by atoms with E-state index in [2.05, 4.69) is 10.4 Å². The fourth-order valence-electron chi connectivity index (χ4n) is 3.90. The number of amides is 2. The summed E-state index contributed by atoms with van der Waals surface area (Å²) < 4.78 is 46.3. The molecule has 1 N–H and O–H groups in total. The molecule has 1 aliphatic heterocycles. The lowest BCUT2D eigenvalue weighted by molar-refractivity contribution is -0.137. The Balaban J connectivity index is 1.51. The predicted molar refractivity (Wildman–Crippen MR) is 115 cm³/mol. The molecular weight excluding hydrogens is 453 g/mol. The molecule has 2 aromatic heterocycles. The lowest BCUT2D eigenvalue weighted by atomic mass is 10.0. The lowest BCUT2D eigenvalue weighted by Gasteiger charge is -2.32. The van der Waals surface area contributed by atoms with Crippen LogP contribution >= 0.6 is 0 Å². The van der Waals surface area contributed by atoms with E-state index in [0.29, 0.717) is 31.5 Å². The van der Waals surface area contributed by atoms with Gasteiger partial charge in [-0.25, -0.2) is 4.68 Å². The molecule has 1 saturated heterocycles. The van der Waals surface area contributed by atoms with E-state index in [0.717, 1.165) is 16.8 Å². The van der Waals surface area contributed by atoms with Crippen molar-refractivity contribution in [3.05, 3.63) is 81.7 Å². The zero-order valence-corrected chi connectivity index (χ0v) is 18.1. The van der Waals surface area contributed by atoms with E-state index in [1.807, 2.05) is 0 Å². The summed E-state index contributed by atoms with van der Waals surface area (Å²) in [6.07, 6.45) is -0.966. The number of para-hydroxylation sites is 1. The molecule has 1 aliphatic rings. The van der Waals surface area contributed by atoms with E-state index in [-0.39, 0.29) is 23.3 Å². The first-order valence-corrected chi connectivity index (χ1v) is 10.5. The minimum atomic E-state index is -4.64. The zero-order chi connectivity index (χ0) is 24.5. The van der Waals surface area contributed by atoms with Crippen LogP contribution in [0.4, 0.5) is 13.2 Å². The van der Waals surface area contributed by atoms with E-state index in [1.54, 1.807) is 11.0 Å². The van der Waals surface area contributed by atoms with Crippen LogP contribution in [0.3, 0.4) is 0 Å². The average molecular weight is 474 g/mol. The Bertz CT molecular complexity index is 1260. The maximum Gasteiger partial charge on any atom is 0.418 e. The van der Waals surface area contributed by atoms with Crippen LogP contribution in [0.25, 0.3) is 5.69 Å². The van der Waals surface area contributed by atoms with Gasteiger partial charge in [-0.15, -0.1) is 0 Å². The second kappa shape index (κ2) is 9.16. The highest BCUT2D eigenvalue weighted by molar-refractivity contribution is 5.94. The highest BCUT2D eigenvalue weighted by Crippen LogP contribution is 2.33. The van der Waals surface area contributed by atoms with Gasteiger partial charge in [-0.1, -0.05) is 12.1 Å². The van der Waals surface area contributed by atoms with Crippen molar-refractivity contribution in [1.29, 1.82) is 0 Å². The molecule has 0 saturated carbocycles. The molecular formula is C23H21F3N4O4. The Morgan fingerprint density at radius 3 is 2.50 bits per heavy atom. The Morgan fingerprint density at radius 1 is 1.15 bits per heavy atom. The maximum absolute atomic E-state index is 13.5. The number of nitrogens with zero attached hydrogens (tertiary/aromatic N) is 3. The van der Waals surface area contributed by atoms with Gasteiger partial charge in [0.25, 0.3) is 11.8 Å². The van der Waals surface area contributed by atoms with Gasteiger partial charge in [0.2, 0.25) is 5.43 Å². The minimum Gasteiger partial charge on any atom is -0.472 e. The van der Waals surface area contributed by atoms with Crippen molar-refractivity contribution in [2.45, 2.75) is 32.0 Å². The fourth-order valence-corrected chi connectivity index (χ4v) is 3.90. The molecule has 0 spiro atoms. The molecule has 0 aliphatic carbocycles. The number of likely N-dealkylation sites (tertiary alicyclic amines) is 1. The Morgan fingerprint density at radius 2 is 1.85 bits per heavy atom. The third kappa shape index (κ3) is 4.73. The monoisotopic (exact) mass is 474 g/mol. The summed E-state index contributed by atoms with van der Waals surface area (Å²) in [5.74, 6) is -0.951. The number of furan rings is 1. The summed E-state index contributed by atoms with van der Waals surface area (Å²) >= 11 is 0. The summed E-state index contributed by atoms with van der Waals surface area (Å²) in [6.45, 7) is 2.22. The van der Waals surface area contributed by atoms with Gasteiger partial charge in [0.1, 0.15) is 6.26 Å². The number of carbonyl (C=O) groups excluding carboxylic acids is 2. The van der Waals surface area contributed by atoms with Crippen LogP contribution in [0.1, 0.15) is 44.9 Å². The topological polar surface area (TPSA) is 97.4 Å². The van der Waals surface area contributed by atoms with E-state index >= 15 is 0 Å². The summed E-state index contributed by atoms with van der Waals surface area (Å²) in [5, 5.41) is 6.70. The van der Waals surface area contributed by atoms with Crippen LogP contribution in [0.15, 0.2) is 58.1 Å². The highest BCUT2D eigenvalue weighted by atomic mass is 19.4. The third-order valence-corrected chi connectivity index (χ3v) is 5.65. The van der Waals surface area contributed by atoms with Crippen molar-refractivity contribution in [1.82, 2.24) is 20.0 Å². The van der Waals surface area contributed by atoms with Crippen LogP contribution in [0.5, 0.6) is 0 Å². The van der Waals surface area contributed by atoms with Gasteiger partial charge in [0, 0.05) is 30.9 Å². The van der Waals surface area contributed by atoms with Gasteiger partial charge in [-0.3, -0.25) is 14.4 Å². The first-order valence-electron chi connectivity index (χ1n) is 10.5. The fraction of sp³-hybridized carbons (Fsp3) is 0.304. The minimum absolute atomic E-state index is 0.157. The first-order chi connectivity index (χ1) is 16.1. The average Bonchev–Trinajstić information content (AvgIpc) is 3.33. The van der Waals surface area contributed by atoms with Crippen LogP contribution < -0.4 is 10.7 Å². The van der Waals surface area contributed by atoms with Crippen molar-refractivity contribution in [3.8, 4) is 5.69 Å². The molecule has 3 aromatic rings. The number of rotatable bonds is 4. The number of hydrogen-bond donors (Lipinski definition) is 1. The second-order valence-electron chi connectivity index (χ2n) is 7.98. The molecule has 0 atom stereocenters. The Kier molecular flexibility index (Phi) is 6.27. The van der Waals surface area contributed by atoms with Crippen molar-refractivity contribution < 1.29 is 27.2 Å². The van der Waals surface area contributed by atoms with Crippen LogP contribution in [0.2, 0.25) is 0 Å². The molecule has 4 rings (SSSR count). The number of benzene rings is 1. The second-order valence-corrected chi connectivity index (χ2v) is 7.98. The Labute approximate surface area is 192 Å². The van der Waals surface area contributed by atoms with Crippen molar-refractivity contribution >= 4 is 11.8 Å². The molecule has 2 amide bonds. The number of carbonyl (C=O) groups is 2. The normalized spacial score (nSPS) is 14.8. The maximum atomic E-state index is 13.5. The van der Waals surface area contributed by atoms with Crippen molar-refractivity contribution in [2.75, 3.05) is 13.1 Å². The largest absolute Gasteiger partial charge is 0.472 e. The summed E-state index contributed by atoms with van der Waals surface area (Å²) in [7, 11) is 0. The van der Waals surface area contributed by atoms with Gasteiger partial charge < -0.3 is 14.6 Å². The van der Waals surface area contributed by atoms with E-state index in [1.165, 1.54) is 37.6 Å². The molecule has 3 heterocycles. The zero-order valence-electron chi connectivity index (χ0n) is 18.1. The number of aryl methyl sites for hydroxylation is 1. The number of piperidine rings is 1. The molecule has 0 radical (unpaired) electrons. The third-order valence-electron chi connectivity index (χ3n) is 5.65. The van der Waals surface area contributed by atoms with Gasteiger partial charge in [-0.2, -0.15) is 18.3 Å². The van der Waals surface area contributed by atoms with Crippen molar-refractivity contribution in [3.63, 3.8) is 0 Å². The standard InChI is InChI=1S/C23H21F3N4O4/c1-14-12-19(31)20(28-30(14)18-5-3-2-4-17(18)23(24,25)26)21(32)27-16-6-9-29(10-7-16)22(33)15-8-11-34-13-15/h2-5,8,11-13,16H,6-7,9-10H2,1H3,(H,27,32). The quantitative estimate of drug-likeness (QED) is 0.627. The van der Waals surface area contributed by atoms with Crippen molar-refractivity contribution in [2.24, 2.45) is 0 Å². The Hall–Kier alpha value is -3.89. The molecule has 1 aromatic carbocycles. The number of nitrogens with one attached hydrogen (secondary N) is 1. The first kappa shape index (κ1) is 23.3. The smallest absolute Gasteiger partial charge is 0.418 e. The van der Waals surface area contributed by atoms with Gasteiger partial charge in [0.15, 0.2) is 5.69 Å². The van der Waals surface area contributed by atoms with Gasteiger partial charge in [0.05, 0.1) is 23.1 Å². The van der Waals surface area contributed by atoms with Crippen LogP contribution in [0, 0.1) is 6.92 Å². The van der Waals surface area contributed by atoms with Crippen LogP contribution in [-0.2, 0) is 6.18 Å². The summed E-state index contributed by atoms with van der Waals surface area (Å²) in [4.78, 5) is 39.3. The molecule has 178 valence electrons. The predicted octanol–water partition coefficient (Wildman–Crippen LogP) is 3.19. The highest BCUT2D eigenvalue weighted by Gasteiger charge is 2.34. The van der Waals surface area contributed by atoms with Gasteiger partial charge >= 0.3 is 6.18 Å². The number of halogens is 3. The van der Waals surface area contributed by atoms with E-state index in [9.17, 15) is 27.6 Å². The van der Waals surface area contributed by atoms with Gasteiger partial charge in [-0.05, 0) is 38.0 Å². The molecule has 11 heteroatoms. The molecule has 1 fully saturated rings. The number of hydrogen-bond acceptors (Lipinski definition) is 5. The van der Waals surface area contributed by atoms with E-state index in [4.69, 9.17) is 4.42 Å². The molecule has 0 unspecified atom stereocenters.